The summed E-state index contributed by atoms with van der Waals surface area (Å²) < 4.78 is 0. The van der Waals surface area contributed by atoms with Gasteiger partial charge in [-0.25, -0.2) is 0 Å². The van der Waals surface area contributed by atoms with Crippen molar-refractivity contribution in [3.05, 3.63) is 0 Å². The predicted molar refractivity (Wildman–Crippen MR) is 107 cm³/mol. The molecule has 0 aromatic carbocycles. The SMILES string of the molecule is CCCCCCCCCCCCCCCCCC1NCCN1.Cl. The van der Waals surface area contributed by atoms with E-state index in [9.17, 15) is 0 Å². The lowest BCUT2D eigenvalue weighted by atomic mass is 10.0. The van der Waals surface area contributed by atoms with Gasteiger partial charge in [-0.15, -0.1) is 12.4 Å². The molecule has 0 aromatic rings. The molecular formula is C20H43ClN2. The Morgan fingerprint density at radius 2 is 0.913 bits per heavy atom. The van der Waals surface area contributed by atoms with Crippen LogP contribution in [0.15, 0.2) is 0 Å². The molecule has 0 saturated carbocycles. The van der Waals surface area contributed by atoms with Gasteiger partial charge in [0.2, 0.25) is 0 Å². The first-order chi connectivity index (χ1) is 10.9. The molecular weight excluding hydrogens is 304 g/mol. The second kappa shape index (κ2) is 18.5. The molecule has 0 radical (unpaired) electrons. The van der Waals surface area contributed by atoms with Crippen LogP contribution in [0.5, 0.6) is 0 Å². The topological polar surface area (TPSA) is 24.1 Å². The third kappa shape index (κ3) is 15.5. The largest absolute Gasteiger partial charge is 0.301 e. The van der Waals surface area contributed by atoms with Crippen molar-refractivity contribution in [2.24, 2.45) is 0 Å². The molecule has 0 amide bonds. The van der Waals surface area contributed by atoms with Gasteiger partial charge in [-0.3, -0.25) is 0 Å². The summed E-state index contributed by atoms with van der Waals surface area (Å²) in [7, 11) is 0. The molecule has 1 aliphatic heterocycles. The summed E-state index contributed by atoms with van der Waals surface area (Å²) in [5.74, 6) is 0. The summed E-state index contributed by atoms with van der Waals surface area (Å²) in [5.41, 5.74) is 0. The average molecular weight is 347 g/mol. The summed E-state index contributed by atoms with van der Waals surface area (Å²) in [5, 5.41) is 6.99. The zero-order valence-corrected chi connectivity index (χ0v) is 16.5. The first-order valence-electron chi connectivity index (χ1n) is 10.4. The maximum Gasteiger partial charge on any atom is 0.0572 e. The fraction of sp³-hybridized carbons (Fsp3) is 1.00. The van der Waals surface area contributed by atoms with E-state index in [0.717, 1.165) is 13.1 Å². The lowest BCUT2D eigenvalue weighted by Crippen LogP contribution is -2.30. The highest BCUT2D eigenvalue weighted by molar-refractivity contribution is 5.85. The van der Waals surface area contributed by atoms with Crippen LogP contribution in [-0.4, -0.2) is 19.3 Å². The van der Waals surface area contributed by atoms with Crippen molar-refractivity contribution in [3.8, 4) is 0 Å². The molecule has 2 nitrogen and oxygen atoms in total. The lowest BCUT2D eigenvalue weighted by molar-refractivity contribution is 0.470. The normalized spacial score (nSPS) is 15.0. The van der Waals surface area contributed by atoms with E-state index in [4.69, 9.17) is 0 Å². The fourth-order valence-corrected chi connectivity index (χ4v) is 3.49. The van der Waals surface area contributed by atoms with Crippen LogP contribution in [0.2, 0.25) is 0 Å². The highest BCUT2D eigenvalue weighted by Crippen LogP contribution is 2.14. The van der Waals surface area contributed by atoms with E-state index in [2.05, 4.69) is 17.6 Å². The number of nitrogens with one attached hydrogen (secondary N) is 2. The molecule has 2 N–H and O–H groups in total. The van der Waals surface area contributed by atoms with Gasteiger partial charge < -0.3 is 10.6 Å². The predicted octanol–water partition coefficient (Wildman–Crippen LogP) is 6.19. The minimum absolute atomic E-state index is 0. The Bertz CT molecular complexity index is 218. The van der Waals surface area contributed by atoms with Crippen molar-refractivity contribution in [1.82, 2.24) is 10.6 Å². The maximum absolute atomic E-state index is 3.50. The molecule has 0 aromatic heterocycles. The second-order valence-electron chi connectivity index (χ2n) is 7.20. The van der Waals surface area contributed by atoms with E-state index in [1.807, 2.05) is 0 Å². The summed E-state index contributed by atoms with van der Waals surface area (Å²) in [4.78, 5) is 0. The van der Waals surface area contributed by atoms with Gasteiger partial charge in [0, 0.05) is 13.1 Å². The Kier molecular flexibility index (Phi) is 18.7. The van der Waals surface area contributed by atoms with Gasteiger partial charge in [-0.05, 0) is 6.42 Å². The molecule has 1 fully saturated rings. The summed E-state index contributed by atoms with van der Waals surface area (Å²) in [6, 6.07) is 0. The zero-order chi connectivity index (χ0) is 15.7. The van der Waals surface area contributed by atoms with Crippen LogP contribution in [-0.2, 0) is 0 Å². The van der Waals surface area contributed by atoms with E-state index in [-0.39, 0.29) is 12.4 Å². The van der Waals surface area contributed by atoms with Crippen molar-refractivity contribution in [1.29, 1.82) is 0 Å². The van der Waals surface area contributed by atoms with E-state index < -0.39 is 0 Å². The van der Waals surface area contributed by atoms with Crippen LogP contribution in [0, 0.1) is 0 Å². The summed E-state index contributed by atoms with van der Waals surface area (Å²) in [6.45, 7) is 4.61. The summed E-state index contributed by atoms with van der Waals surface area (Å²) in [6.07, 6.45) is 23.7. The Balaban J connectivity index is 0.00000484. The smallest absolute Gasteiger partial charge is 0.0572 e. The van der Waals surface area contributed by atoms with E-state index in [1.54, 1.807) is 0 Å². The molecule has 0 unspecified atom stereocenters. The minimum Gasteiger partial charge on any atom is -0.301 e. The quantitative estimate of drug-likeness (QED) is 0.325. The molecule has 3 heteroatoms. The standard InChI is InChI=1S/C20H42N2.ClH/c1-2-3-4-5-6-7-8-9-10-11-12-13-14-15-16-17-20-21-18-19-22-20;/h20-22H,2-19H2,1H3;1H. The fourth-order valence-electron chi connectivity index (χ4n) is 3.49. The third-order valence-corrected chi connectivity index (χ3v) is 5.00. The first-order valence-corrected chi connectivity index (χ1v) is 10.4. The van der Waals surface area contributed by atoms with Crippen LogP contribution in [0.4, 0.5) is 0 Å². The van der Waals surface area contributed by atoms with Gasteiger partial charge in [0.25, 0.3) is 0 Å². The number of hydrogen-bond donors (Lipinski definition) is 2. The van der Waals surface area contributed by atoms with Gasteiger partial charge >= 0.3 is 0 Å². The third-order valence-electron chi connectivity index (χ3n) is 5.00. The Labute approximate surface area is 152 Å². The van der Waals surface area contributed by atoms with Gasteiger partial charge in [0.05, 0.1) is 6.17 Å². The molecule has 1 aliphatic rings. The maximum atomic E-state index is 3.50. The lowest BCUT2D eigenvalue weighted by Gasteiger charge is -2.09. The Morgan fingerprint density at radius 1 is 0.565 bits per heavy atom. The number of halogens is 1. The van der Waals surface area contributed by atoms with Crippen molar-refractivity contribution in [2.45, 2.75) is 116 Å². The van der Waals surface area contributed by atoms with Crippen LogP contribution in [0.25, 0.3) is 0 Å². The van der Waals surface area contributed by atoms with Gasteiger partial charge in [0.15, 0.2) is 0 Å². The number of hydrogen-bond acceptors (Lipinski definition) is 2. The molecule has 0 spiro atoms. The molecule has 1 saturated heterocycles. The Hall–Kier alpha value is 0.210. The highest BCUT2D eigenvalue weighted by Gasteiger charge is 2.11. The van der Waals surface area contributed by atoms with Crippen molar-refractivity contribution >= 4 is 12.4 Å². The van der Waals surface area contributed by atoms with E-state index >= 15 is 0 Å². The second-order valence-corrected chi connectivity index (χ2v) is 7.20. The van der Waals surface area contributed by atoms with Gasteiger partial charge in [0.1, 0.15) is 0 Å². The van der Waals surface area contributed by atoms with Crippen LogP contribution in [0.3, 0.4) is 0 Å². The van der Waals surface area contributed by atoms with Crippen molar-refractivity contribution < 1.29 is 0 Å². The molecule has 140 valence electrons. The molecule has 0 aliphatic carbocycles. The molecule has 1 heterocycles. The Morgan fingerprint density at radius 3 is 1.30 bits per heavy atom. The number of rotatable bonds is 16. The minimum atomic E-state index is 0. The van der Waals surface area contributed by atoms with Crippen LogP contribution in [0.1, 0.15) is 110 Å². The molecule has 0 bridgehead atoms. The summed E-state index contributed by atoms with van der Waals surface area (Å²) >= 11 is 0. The van der Waals surface area contributed by atoms with E-state index in [1.165, 1.54) is 103 Å². The van der Waals surface area contributed by atoms with Gasteiger partial charge in [-0.2, -0.15) is 0 Å². The van der Waals surface area contributed by atoms with Crippen molar-refractivity contribution in [3.63, 3.8) is 0 Å². The van der Waals surface area contributed by atoms with Crippen LogP contribution >= 0.6 is 12.4 Å². The highest BCUT2D eigenvalue weighted by atomic mass is 35.5. The first kappa shape index (κ1) is 23.2. The van der Waals surface area contributed by atoms with Crippen molar-refractivity contribution in [2.75, 3.05) is 13.1 Å². The molecule has 0 atom stereocenters. The molecule has 1 rings (SSSR count). The average Bonchev–Trinajstić information content (AvgIpc) is 3.04. The van der Waals surface area contributed by atoms with Crippen LogP contribution < -0.4 is 10.6 Å². The monoisotopic (exact) mass is 346 g/mol. The van der Waals surface area contributed by atoms with Gasteiger partial charge in [-0.1, -0.05) is 103 Å². The van der Waals surface area contributed by atoms with E-state index in [0.29, 0.717) is 6.17 Å². The number of unbranched alkanes of at least 4 members (excludes halogenated alkanes) is 14. The zero-order valence-electron chi connectivity index (χ0n) is 15.7. The molecule has 23 heavy (non-hydrogen) atoms.